The van der Waals surface area contributed by atoms with E-state index in [1.807, 2.05) is 24.3 Å². The van der Waals surface area contributed by atoms with E-state index in [-0.39, 0.29) is 23.6 Å². The van der Waals surface area contributed by atoms with Crippen LogP contribution in [-0.2, 0) is 17.6 Å². The van der Waals surface area contributed by atoms with E-state index in [1.54, 1.807) is 6.07 Å². The van der Waals surface area contributed by atoms with Crippen LogP contribution < -0.4 is 16.4 Å². The number of thiophene rings is 1. The Morgan fingerprint density at radius 1 is 1.19 bits per heavy atom. The molecule has 0 aliphatic heterocycles. The van der Waals surface area contributed by atoms with Gasteiger partial charge in [0.05, 0.1) is 27.4 Å². The molecule has 164 valence electrons. The molecule has 7 nitrogen and oxygen atoms in total. The molecule has 3 amide bonds. The van der Waals surface area contributed by atoms with Crippen molar-refractivity contribution in [2.45, 2.75) is 43.2 Å². The number of hydrogen-bond acceptors (Lipinski definition) is 6. The summed E-state index contributed by atoms with van der Waals surface area (Å²) in [4.78, 5) is 43.1. The van der Waals surface area contributed by atoms with Crippen molar-refractivity contribution in [3.63, 3.8) is 0 Å². The Balaban J connectivity index is 1.32. The molecule has 0 bridgehead atoms. The van der Waals surface area contributed by atoms with Crippen LogP contribution in [0.2, 0.25) is 0 Å². The maximum Gasteiger partial charge on any atom is 0.252 e. The number of anilines is 1. The standard InChI is InChI=1S/C23H22N4O3S2/c24-21(29)20-14-5-3-7-17(14)32-23(20)27-18(28)11-31-19-10-15(22(30)25-12-8-9-12)13-4-1-2-6-16(13)26-19/h1-2,4,6,10,12H,3,5,7-9,11H2,(H2,24,29)(H,25,30)(H,27,28). The Bertz CT molecular complexity index is 1250. The molecule has 1 saturated carbocycles. The number of nitrogens with one attached hydrogen (secondary N) is 2. The summed E-state index contributed by atoms with van der Waals surface area (Å²) in [6.07, 6.45) is 4.76. The number of benzene rings is 1. The van der Waals surface area contributed by atoms with Crippen molar-refractivity contribution in [1.29, 1.82) is 0 Å². The topological polar surface area (TPSA) is 114 Å². The first-order valence-corrected chi connectivity index (χ1v) is 12.4. The lowest BCUT2D eigenvalue weighted by atomic mass is 10.1. The molecule has 2 aromatic heterocycles. The van der Waals surface area contributed by atoms with Crippen LogP contribution in [0.25, 0.3) is 10.9 Å². The number of fused-ring (bicyclic) bond motifs is 2. The van der Waals surface area contributed by atoms with Crippen molar-refractivity contribution >= 4 is 56.7 Å². The Morgan fingerprint density at radius 3 is 2.78 bits per heavy atom. The molecule has 4 N–H and O–H groups in total. The minimum Gasteiger partial charge on any atom is -0.365 e. The van der Waals surface area contributed by atoms with Crippen LogP contribution in [0, 0.1) is 0 Å². The smallest absolute Gasteiger partial charge is 0.252 e. The fourth-order valence-electron chi connectivity index (χ4n) is 3.96. The predicted molar refractivity (Wildman–Crippen MR) is 126 cm³/mol. The zero-order chi connectivity index (χ0) is 22.2. The number of aromatic nitrogens is 1. The van der Waals surface area contributed by atoms with Crippen LogP contribution in [-0.4, -0.2) is 34.5 Å². The van der Waals surface area contributed by atoms with Gasteiger partial charge in [-0.15, -0.1) is 11.3 Å². The number of nitrogens with zero attached hydrogens (tertiary/aromatic N) is 1. The largest absolute Gasteiger partial charge is 0.365 e. The van der Waals surface area contributed by atoms with Gasteiger partial charge in [0.1, 0.15) is 5.00 Å². The molecule has 0 spiro atoms. The number of carbonyl (C=O) groups is 3. The summed E-state index contributed by atoms with van der Waals surface area (Å²) in [7, 11) is 0. The number of amides is 3. The summed E-state index contributed by atoms with van der Waals surface area (Å²) in [5.41, 5.74) is 8.28. The van der Waals surface area contributed by atoms with E-state index in [2.05, 4.69) is 15.6 Å². The monoisotopic (exact) mass is 466 g/mol. The highest BCUT2D eigenvalue weighted by Gasteiger charge is 2.27. The van der Waals surface area contributed by atoms with E-state index in [0.717, 1.165) is 47.9 Å². The van der Waals surface area contributed by atoms with Crippen LogP contribution in [0.3, 0.4) is 0 Å². The maximum atomic E-state index is 12.7. The number of aryl methyl sites for hydroxylation is 1. The minimum atomic E-state index is -0.505. The third kappa shape index (κ3) is 4.22. The molecule has 0 atom stereocenters. The lowest BCUT2D eigenvalue weighted by Crippen LogP contribution is -2.25. The average Bonchev–Trinajstić information content (AvgIpc) is 3.35. The molecular formula is C23H22N4O3S2. The fraction of sp³-hybridized carbons (Fsp3) is 0.304. The molecule has 0 radical (unpaired) electrons. The summed E-state index contributed by atoms with van der Waals surface area (Å²) in [5.74, 6) is -0.752. The lowest BCUT2D eigenvalue weighted by molar-refractivity contribution is -0.113. The molecule has 3 aromatic rings. The van der Waals surface area contributed by atoms with Gasteiger partial charge < -0.3 is 16.4 Å². The number of pyridine rings is 1. The number of rotatable bonds is 7. The second kappa shape index (κ2) is 8.55. The van der Waals surface area contributed by atoms with Gasteiger partial charge in [-0.05, 0) is 49.8 Å². The quantitative estimate of drug-likeness (QED) is 0.461. The summed E-state index contributed by atoms with van der Waals surface area (Å²) in [6.45, 7) is 0. The Hall–Kier alpha value is -2.91. The van der Waals surface area contributed by atoms with E-state index in [1.165, 1.54) is 23.1 Å². The summed E-state index contributed by atoms with van der Waals surface area (Å²) < 4.78 is 0. The van der Waals surface area contributed by atoms with Crippen molar-refractivity contribution in [1.82, 2.24) is 10.3 Å². The summed E-state index contributed by atoms with van der Waals surface area (Å²) in [6, 6.07) is 9.50. The molecule has 2 aliphatic rings. The number of nitrogens with two attached hydrogens (primary N) is 1. The van der Waals surface area contributed by atoms with Crippen LogP contribution in [0.15, 0.2) is 35.4 Å². The highest BCUT2D eigenvalue weighted by Crippen LogP contribution is 2.39. The van der Waals surface area contributed by atoms with E-state index < -0.39 is 5.91 Å². The third-order valence-electron chi connectivity index (χ3n) is 5.62. The molecule has 1 fully saturated rings. The number of carbonyl (C=O) groups excluding carboxylic acids is 3. The van der Waals surface area contributed by atoms with E-state index in [4.69, 9.17) is 5.73 Å². The Morgan fingerprint density at radius 2 is 2.00 bits per heavy atom. The van der Waals surface area contributed by atoms with Gasteiger partial charge in [0.25, 0.3) is 11.8 Å². The zero-order valence-corrected chi connectivity index (χ0v) is 18.9. The van der Waals surface area contributed by atoms with Gasteiger partial charge in [-0.1, -0.05) is 30.0 Å². The van der Waals surface area contributed by atoms with Gasteiger partial charge in [-0.2, -0.15) is 0 Å². The summed E-state index contributed by atoms with van der Waals surface area (Å²) >= 11 is 2.70. The maximum absolute atomic E-state index is 12.7. The van der Waals surface area contributed by atoms with Gasteiger partial charge >= 0.3 is 0 Å². The number of para-hydroxylation sites is 1. The number of thioether (sulfide) groups is 1. The molecule has 2 aliphatic carbocycles. The molecule has 0 unspecified atom stereocenters. The van der Waals surface area contributed by atoms with Crippen molar-refractivity contribution in [2.24, 2.45) is 5.73 Å². The van der Waals surface area contributed by atoms with E-state index in [0.29, 0.717) is 26.7 Å². The minimum absolute atomic E-state index is 0.107. The highest BCUT2D eigenvalue weighted by molar-refractivity contribution is 7.99. The van der Waals surface area contributed by atoms with Crippen LogP contribution in [0.4, 0.5) is 5.00 Å². The molecule has 9 heteroatoms. The van der Waals surface area contributed by atoms with Gasteiger partial charge in [0.15, 0.2) is 0 Å². The van der Waals surface area contributed by atoms with Crippen molar-refractivity contribution in [3.8, 4) is 0 Å². The van der Waals surface area contributed by atoms with Crippen LogP contribution >= 0.6 is 23.1 Å². The van der Waals surface area contributed by atoms with Crippen molar-refractivity contribution in [2.75, 3.05) is 11.1 Å². The van der Waals surface area contributed by atoms with Gasteiger partial charge in [0, 0.05) is 16.3 Å². The lowest BCUT2D eigenvalue weighted by Gasteiger charge is -2.10. The summed E-state index contributed by atoms with van der Waals surface area (Å²) in [5, 5.41) is 7.80. The Kier molecular flexibility index (Phi) is 5.60. The normalized spacial score (nSPS) is 14.9. The second-order valence-electron chi connectivity index (χ2n) is 8.04. The molecule has 2 heterocycles. The highest BCUT2D eigenvalue weighted by atomic mass is 32.2. The molecular weight excluding hydrogens is 444 g/mol. The first kappa shape index (κ1) is 21.0. The first-order valence-electron chi connectivity index (χ1n) is 10.6. The van der Waals surface area contributed by atoms with Crippen molar-refractivity contribution in [3.05, 3.63) is 51.9 Å². The van der Waals surface area contributed by atoms with E-state index >= 15 is 0 Å². The molecule has 1 aromatic carbocycles. The average molecular weight is 467 g/mol. The number of hydrogen-bond donors (Lipinski definition) is 3. The fourth-order valence-corrected chi connectivity index (χ4v) is 5.98. The van der Waals surface area contributed by atoms with Crippen LogP contribution in [0.1, 0.15) is 50.4 Å². The SMILES string of the molecule is NC(=O)c1c(NC(=O)CSc2cc(C(=O)NC3CC3)c3ccccc3n2)sc2c1CCC2. The number of primary amides is 1. The van der Waals surface area contributed by atoms with E-state index in [9.17, 15) is 14.4 Å². The Labute approximate surface area is 193 Å². The third-order valence-corrected chi connectivity index (χ3v) is 7.74. The van der Waals surface area contributed by atoms with Gasteiger partial charge in [0.2, 0.25) is 5.91 Å². The zero-order valence-electron chi connectivity index (χ0n) is 17.3. The predicted octanol–water partition coefficient (Wildman–Crippen LogP) is 3.51. The second-order valence-corrected chi connectivity index (χ2v) is 10.1. The molecule has 0 saturated heterocycles. The van der Waals surface area contributed by atoms with Gasteiger partial charge in [-0.25, -0.2) is 4.98 Å². The van der Waals surface area contributed by atoms with Crippen LogP contribution in [0.5, 0.6) is 0 Å². The van der Waals surface area contributed by atoms with Crippen molar-refractivity contribution < 1.29 is 14.4 Å². The molecule has 5 rings (SSSR count). The van der Waals surface area contributed by atoms with Gasteiger partial charge in [-0.3, -0.25) is 14.4 Å². The molecule has 32 heavy (non-hydrogen) atoms. The first-order chi connectivity index (χ1) is 15.5.